The van der Waals surface area contributed by atoms with Crippen molar-refractivity contribution in [1.29, 1.82) is 0 Å². The smallest absolute Gasteiger partial charge is 0.340 e. The zero-order chi connectivity index (χ0) is 22.0. The first-order valence-electron chi connectivity index (χ1n) is 10.9. The summed E-state index contributed by atoms with van der Waals surface area (Å²) in [6, 6.07) is 13.9. The van der Waals surface area contributed by atoms with Crippen LogP contribution in [0.2, 0.25) is 0 Å². The fourth-order valence-corrected chi connectivity index (χ4v) is 4.51. The largest absolute Gasteiger partial charge is 0.465 e. The number of carbonyl (C=O) groups excluding carboxylic acids is 1. The molecule has 3 aromatic rings. The summed E-state index contributed by atoms with van der Waals surface area (Å²) in [7, 11) is 1.37. The standard InChI is InChI=1S/C24H26N4O4/c1-30-23(29)19-9-12-25-16-21(19)26-22-15-20(17-5-3-2-4-6-17)27-28(22)18-7-10-24(11-8-18)31-13-14-32-24/h2-6,9,12,15-16,18,26H,7-8,10-11,13-14H2,1H3. The lowest BCUT2D eigenvalue weighted by Gasteiger charge is -2.35. The molecule has 8 nitrogen and oxygen atoms in total. The Hall–Kier alpha value is -3.23. The van der Waals surface area contributed by atoms with Crippen molar-refractivity contribution in [1.82, 2.24) is 14.8 Å². The number of hydrogen-bond acceptors (Lipinski definition) is 7. The second-order valence-corrected chi connectivity index (χ2v) is 8.10. The third-order valence-corrected chi connectivity index (χ3v) is 6.17. The second-order valence-electron chi connectivity index (χ2n) is 8.10. The minimum absolute atomic E-state index is 0.187. The number of methoxy groups -OCH3 is 1. The minimum atomic E-state index is -0.430. The zero-order valence-electron chi connectivity index (χ0n) is 18.0. The number of aromatic nitrogens is 3. The van der Waals surface area contributed by atoms with Crippen LogP contribution in [0.4, 0.5) is 11.5 Å². The highest BCUT2D eigenvalue weighted by Gasteiger charge is 2.41. The van der Waals surface area contributed by atoms with Crippen LogP contribution in [0.25, 0.3) is 11.3 Å². The fraction of sp³-hybridized carbons (Fsp3) is 0.375. The van der Waals surface area contributed by atoms with Gasteiger partial charge in [0.2, 0.25) is 0 Å². The molecule has 1 aliphatic carbocycles. The summed E-state index contributed by atoms with van der Waals surface area (Å²) in [6.07, 6.45) is 6.65. The predicted octanol–water partition coefficient (Wildman–Crippen LogP) is 4.33. The van der Waals surface area contributed by atoms with Gasteiger partial charge < -0.3 is 19.5 Å². The highest BCUT2D eigenvalue weighted by molar-refractivity contribution is 5.96. The van der Waals surface area contributed by atoms with Crippen molar-refractivity contribution >= 4 is 17.5 Å². The van der Waals surface area contributed by atoms with Crippen LogP contribution in [0.3, 0.4) is 0 Å². The van der Waals surface area contributed by atoms with Crippen molar-refractivity contribution in [3.05, 3.63) is 60.4 Å². The maximum atomic E-state index is 12.2. The van der Waals surface area contributed by atoms with Gasteiger partial charge in [-0.25, -0.2) is 9.48 Å². The van der Waals surface area contributed by atoms with Gasteiger partial charge in [0.05, 0.1) is 49.5 Å². The molecule has 3 heterocycles. The van der Waals surface area contributed by atoms with Crippen molar-refractivity contribution in [2.24, 2.45) is 0 Å². The zero-order valence-corrected chi connectivity index (χ0v) is 18.0. The van der Waals surface area contributed by atoms with E-state index in [0.29, 0.717) is 24.5 Å². The lowest BCUT2D eigenvalue weighted by molar-refractivity contribution is -0.181. The maximum absolute atomic E-state index is 12.2. The number of benzene rings is 1. The van der Waals surface area contributed by atoms with E-state index < -0.39 is 11.8 Å². The normalized spacial score (nSPS) is 18.0. The van der Waals surface area contributed by atoms with Crippen LogP contribution in [-0.4, -0.2) is 46.8 Å². The summed E-state index contributed by atoms with van der Waals surface area (Å²) in [5.74, 6) is -0.0448. The molecule has 2 aliphatic rings. The van der Waals surface area contributed by atoms with E-state index in [9.17, 15) is 4.79 Å². The highest BCUT2D eigenvalue weighted by Crippen LogP contribution is 2.42. The second kappa shape index (κ2) is 8.72. The lowest BCUT2D eigenvalue weighted by Crippen LogP contribution is -2.36. The first kappa shape index (κ1) is 20.7. The molecule has 1 saturated heterocycles. The molecule has 1 spiro atoms. The van der Waals surface area contributed by atoms with E-state index in [4.69, 9.17) is 19.3 Å². The van der Waals surface area contributed by atoms with Crippen molar-refractivity contribution < 1.29 is 19.0 Å². The van der Waals surface area contributed by atoms with Gasteiger partial charge in [-0.2, -0.15) is 5.10 Å². The van der Waals surface area contributed by atoms with Gasteiger partial charge in [0.25, 0.3) is 0 Å². The van der Waals surface area contributed by atoms with Gasteiger partial charge in [-0.3, -0.25) is 4.98 Å². The molecule has 166 valence electrons. The van der Waals surface area contributed by atoms with Crippen LogP contribution in [0.5, 0.6) is 0 Å². The summed E-state index contributed by atoms with van der Waals surface area (Å²) in [4.78, 5) is 16.4. The molecule has 2 fully saturated rings. The summed E-state index contributed by atoms with van der Waals surface area (Å²) in [6.45, 7) is 1.32. The Balaban J connectivity index is 1.48. The first-order valence-corrected chi connectivity index (χ1v) is 10.9. The van der Waals surface area contributed by atoms with Gasteiger partial charge in [-0.05, 0) is 18.9 Å². The van der Waals surface area contributed by atoms with Gasteiger partial charge >= 0.3 is 5.97 Å². The Kier molecular flexibility index (Phi) is 5.63. The third kappa shape index (κ3) is 3.99. The molecule has 0 unspecified atom stereocenters. The van der Waals surface area contributed by atoms with E-state index in [-0.39, 0.29) is 6.04 Å². The number of carbonyl (C=O) groups is 1. The summed E-state index contributed by atoms with van der Waals surface area (Å²) >= 11 is 0. The van der Waals surface area contributed by atoms with Crippen molar-refractivity contribution in [3.63, 3.8) is 0 Å². The molecule has 5 rings (SSSR count). The molecule has 32 heavy (non-hydrogen) atoms. The fourth-order valence-electron chi connectivity index (χ4n) is 4.51. The molecule has 0 atom stereocenters. The molecular formula is C24H26N4O4. The summed E-state index contributed by atoms with van der Waals surface area (Å²) in [5.41, 5.74) is 2.90. The number of nitrogens with zero attached hydrogens (tertiary/aromatic N) is 3. The number of esters is 1. The predicted molar refractivity (Wildman–Crippen MR) is 119 cm³/mol. The molecular weight excluding hydrogens is 408 g/mol. The Labute approximate surface area is 186 Å². The average molecular weight is 434 g/mol. The Morgan fingerprint density at radius 1 is 1.16 bits per heavy atom. The van der Waals surface area contributed by atoms with Crippen molar-refractivity contribution in [2.75, 3.05) is 25.6 Å². The Bertz CT molecular complexity index is 1080. The van der Waals surface area contributed by atoms with Gasteiger partial charge in [0, 0.05) is 30.7 Å². The molecule has 0 bridgehead atoms. The van der Waals surface area contributed by atoms with E-state index in [0.717, 1.165) is 42.8 Å². The van der Waals surface area contributed by atoms with Crippen LogP contribution in [0.15, 0.2) is 54.9 Å². The van der Waals surface area contributed by atoms with E-state index in [1.54, 1.807) is 18.5 Å². The minimum Gasteiger partial charge on any atom is -0.465 e. The van der Waals surface area contributed by atoms with Crippen LogP contribution in [-0.2, 0) is 14.2 Å². The van der Waals surface area contributed by atoms with Crippen LogP contribution < -0.4 is 5.32 Å². The molecule has 1 N–H and O–H groups in total. The molecule has 2 aromatic heterocycles. The van der Waals surface area contributed by atoms with Gasteiger partial charge in [0.15, 0.2) is 5.79 Å². The van der Waals surface area contributed by atoms with E-state index >= 15 is 0 Å². The monoisotopic (exact) mass is 434 g/mol. The summed E-state index contributed by atoms with van der Waals surface area (Å²) < 4.78 is 18.7. The van der Waals surface area contributed by atoms with Gasteiger partial charge in [0.1, 0.15) is 5.82 Å². The number of anilines is 2. The summed E-state index contributed by atoms with van der Waals surface area (Å²) in [5, 5.41) is 8.33. The topological polar surface area (TPSA) is 87.5 Å². The van der Waals surface area contributed by atoms with Gasteiger partial charge in [-0.15, -0.1) is 0 Å². The number of hydrogen-bond donors (Lipinski definition) is 1. The molecule has 0 radical (unpaired) electrons. The van der Waals surface area contributed by atoms with E-state index in [2.05, 4.69) is 10.3 Å². The van der Waals surface area contributed by atoms with E-state index in [1.165, 1.54) is 7.11 Å². The number of ether oxygens (including phenoxy) is 3. The number of nitrogens with one attached hydrogen (secondary N) is 1. The van der Waals surface area contributed by atoms with Crippen LogP contribution in [0, 0.1) is 0 Å². The average Bonchev–Trinajstić information content (AvgIpc) is 3.48. The van der Waals surface area contributed by atoms with E-state index in [1.807, 2.05) is 41.1 Å². The highest BCUT2D eigenvalue weighted by atomic mass is 16.7. The third-order valence-electron chi connectivity index (χ3n) is 6.17. The molecule has 1 saturated carbocycles. The van der Waals surface area contributed by atoms with Crippen LogP contribution >= 0.6 is 0 Å². The molecule has 8 heteroatoms. The Morgan fingerprint density at radius 3 is 2.62 bits per heavy atom. The molecule has 1 aliphatic heterocycles. The van der Waals surface area contributed by atoms with Gasteiger partial charge in [-0.1, -0.05) is 30.3 Å². The number of pyridine rings is 1. The Morgan fingerprint density at radius 2 is 1.91 bits per heavy atom. The van der Waals surface area contributed by atoms with Crippen molar-refractivity contribution in [2.45, 2.75) is 37.5 Å². The number of rotatable bonds is 5. The molecule has 1 aromatic carbocycles. The molecule has 0 amide bonds. The van der Waals surface area contributed by atoms with Crippen LogP contribution in [0.1, 0.15) is 42.1 Å². The van der Waals surface area contributed by atoms with Crippen molar-refractivity contribution in [3.8, 4) is 11.3 Å². The quantitative estimate of drug-likeness (QED) is 0.598. The first-order chi connectivity index (χ1) is 15.7. The lowest BCUT2D eigenvalue weighted by atomic mass is 9.90. The maximum Gasteiger partial charge on any atom is 0.340 e. The SMILES string of the molecule is COC(=O)c1ccncc1Nc1cc(-c2ccccc2)nn1C1CCC2(CC1)OCCO2.